The number of carbonyl (C=O) groups is 1. The molecule has 88 valence electrons. The van der Waals surface area contributed by atoms with E-state index in [1.807, 2.05) is 18.2 Å². The average Bonchev–Trinajstić information content (AvgIpc) is 2.86. The molecule has 17 heavy (non-hydrogen) atoms. The number of carbonyl (C=O) groups excluding carboxylic acids is 1. The standard InChI is InChI=1S/C13H14N2O2/c1-17-13(16)12-8-15-7-11(12)10-5-3-2-4-9(10)6-14/h2-5,11-12,15H,7-8H2,1H3/t11-,12+/m0/s1. The molecule has 1 aromatic carbocycles. The largest absolute Gasteiger partial charge is 0.469 e. The van der Waals surface area contributed by atoms with Crippen molar-refractivity contribution in [2.24, 2.45) is 5.92 Å². The van der Waals surface area contributed by atoms with Gasteiger partial charge in [0.15, 0.2) is 0 Å². The van der Waals surface area contributed by atoms with Crippen LogP contribution in [0.2, 0.25) is 0 Å². The Labute approximate surface area is 100 Å². The van der Waals surface area contributed by atoms with Crippen LogP contribution in [0.4, 0.5) is 0 Å². The van der Waals surface area contributed by atoms with E-state index in [0.29, 0.717) is 18.7 Å². The number of benzene rings is 1. The number of methoxy groups -OCH3 is 1. The predicted octanol–water partition coefficient (Wildman–Crippen LogP) is 1.03. The first kappa shape index (κ1) is 11.6. The predicted molar refractivity (Wildman–Crippen MR) is 62.3 cm³/mol. The maximum Gasteiger partial charge on any atom is 0.310 e. The molecule has 1 N–H and O–H groups in total. The van der Waals surface area contributed by atoms with Gasteiger partial charge in [-0.3, -0.25) is 4.79 Å². The second-order valence-electron chi connectivity index (χ2n) is 4.09. The first-order valence-electron chi connectivity index (χ1n) is 5.55. The molecular formula is C13H14N2O2. The monoisotopic (exact) mass is 230 g/mol. The summed E-state index contributed by atoms with van der Waals surface area (Å²) in [4.78, 5) is 11.7. The maximum absolute atomic E-state index is 11.7. The molecule has 1 saturated heterocycles. The Morgan fingerprint density at radius 1 is 1.47 bits per heavy atom. The molecule has 4 nitrogen and oxygen atoms in total. The summed E-state index contributed by atoms with van der Waals surface area (Å²) in [6, 6.07) is 9.58. The second-order valence-corrected chi connectivity index (χ2v) is 4.09. The van der Waals surface area contributed by atoms with Crippen molar-refractivity contribution < 1.29 is 9.53 Å². The van der Waals surface area contributed by atoms with Gasteiger partial charge in [0.05, 0.1) is 24.7 Å². The minimum absolute atomic E-state index is 0.0262. The van der Waals surface area contributed by atoms with E-state index in [2.05, 4.69) is 11.4 Å². The molecule has 2 atom stereocenters. The summed E-state index contributed by atoms with van der Waals surface area (Å²) in [5.41, 5.74) is 1.56. The molecule has 1 aliphatic rings. The molecule has 0 spiro atoms. The van der Waals surface area contributed by atoms with Gasteiger partial charge in [-0.25, -0.2) is 0 Å². The first-order valence-corrected chi connectivity index (χ1v) is 5.55. The number of ether oxygens (including phenoxy) is 1. The van der Waals surface area contributed by atoms with Crippen molar-refractivity contribution in [3.8, 4) is 6.07 Å². The van der Waals surface area contributed by atoms with Gasteiger partial charge in [-0.05, 0) is 11.6 Å². The van der Waals surface area contributed by atoms with Gasteiger partial charge in [0.25, 0.3) is 0 Å². The number of nitriles is 1. The van der Waals surface area contributed by atoms with E-state index in [1.54, 1.807) is 6.07 Å². The lowest BCUT2D eigenvalue weighted by Gasteiger charge is -2.17. The summed E-state index contributed by atoms with van der Waals surface area (Å²) in [5.74, 6) is -0.388. The molecule has 0 unspecified atom stereocenters. The Morgan fingerprint density at radius 3 is 2.94 bits per heavy atom. The summed E-state index contributed by atoms with van der Waals surface area (Å²) >= 11 is 0. The van der Waals surface area contributed by atoms with Crippen LogP contribution in [0.5, 0.6) is 0 Å². The lowest BCUT2D eigenvalue weighted by molar-refractivity contribution is -0.145. The van der Waals surface area contributed by atoms with Crippen LogP contribution in [0.1, 0.15) is 17.0 Å². The highest BCUT2D eigenvalue weighted by atomic mass is 16.5. The van der Waals surface area contributed by atoms with Crippen LogP contribution < -0.4 is 5.32 Å². The molecule has 0 amide bonds. The maximum atomic E-state index is 11.7. The quantitative estimate of drug-likeness (QED) is 0.771. The third kappa shape index (κ3) is 2.15. The lowest BCUT2D eigenvalue weighted by atomic mass is 9.86. The van der Waals surface area contributed by atoms with Gasteiger partial charge in [-0.2, -0.15) is 5.26 Å². The number of nitrogens with zero attached hydrogens (tertiary/aromatic N) is 1. The SMILES string of the molecule is COC(=O)[C@@H]1CNC[C@H]1c1ccccc1C#N. The fraction of sp³-hybridized carbons (Fsp3) is 0.385. The second kappa shape index (κ2) is 4.98. The van der Waals surface area contributed by atoms with E-state index in [-0.39, 0.29) is 17.8 Å². The molecule has 0 aliphatic carbocycles. The van der Waals surface area contributed by atoms with Crippen molar-refractivity contribution in [3.05, 3.63) is 35.4 Å². The van der Waals surface area contributed by atoms with Crippen LogP contribution in [-0.4, -0.2) is 26.2 Å². The minimum atomic E-state index is -0.215. The molecule has 1 aromatic rings. The molecule has 4 heteroatoms. The molecule has 2 rings (SSSR count). The Bertz CT molecular complexity index is 465. The highest BCUT2D eigenvalue weighted by molar-refractivity contribution is 5.74. The summed E-state index contributed by atoms with van der Waals surface area (Å²) in [6.07, 6.45) is 0. The molecule has 0 bridgehead atoms. The minimum Gasteiger partial charge on any atom is -0.469 e. The molecule has 1 aliphatic heterocycles. The fourth-order valence-corrected chi connectivity index (χ4v) is 2.33. The van der Waals surface area contributed by atoms with Crippen molar-refractivity contribution in [2.45, 2.75) is 5.92 Å². The zero-order valence-electron chi connectivity index (χ0n) is 9.64. The molecule has 0 radical (unpaired) electrons. The third-order valence-electron chi connectivity index (χ3n) is 3.20. The highest BCUT2D eigenvalue weighted by Gasteiger charge is 2.35. The number of hydrogen-bond acceptors (Lipinski definition) is 4. The van der Waals surface area contributed by atoms with Crippen molar-refractivity contribution in [1.29, 1.82) is 5.26 Å². The van der Waals surface area contributed by atoms with Crippen LogP contribution >= 0.6 is 0 Å². The van der Waals surface area contributed by atoms with Crippen LogP contribution in [0.15, 0.2) is 24.3 Å². The van der Waals surface area contributed by atoms with Gasteiger partial charge in [0.2, 0.25) is 0 Å². The molecule has 0 saturated carbocycles. The van der Waals surface area contributed by atoms with Crippen LogP contribution in [-0.2, 0) is 9.53 Å². The van der Waals surface area contributed by atoms with E-state index in [4.69, 9.17) is 10.00 Å². The first-order chi connectivity index (χ1) is 8.27. The van der Waals surface area contributed by atoms with Crippen LogP contribution in [0.25, 0.3) is 0 Å². The van der Waals surface area contributed by atoms with Gasteiger partial charge < -0.3 is 10.1 Å². The van der Waals surface area contributed by atoms with Gasteiger partial charge in [0, 0.05) is 19.0 Å². The van der Waals surface area contributed by atoms with Gasteiger partial charge in [0.1, 0.15) is 0 Å². The Morgan fingerprint density at radius 2 is 2.24 bits per heavy atom. The fourth-order valence-electron chi connectivity index (χ4n) is 2.33. The van der Waals surface area contributed by atoms with Gasteiger partial charge in [-0.15, -0.1) is 0 Å². The van der Waals surface area contributed by atoms with E-state index >= 15 is 0 Å². The molecule has 1 fully saturated rings. The number of esters is 1. The van der Waals surface area contributed by atoms with E-state index in [1.165, 1.54) is 7.11 Å². The van der Waals surface area contributed by atoms with Crippen molar-refractivity contribution in [3.63, 3.8) is 0 Å². The van der Waals surface area contributed by atoms with Gasteiger partial charge in [-0.1, -0.05) is 18.2 Å². The van der Waals surface area contributed by atoms with Crippen LogP contribution in [0, 0.1) is 17.2 Å². The summed E-state index contributed by atoms with van der Waals surface area (Å²) in [5, 5.41) is 12.3. The average molecular weight is 230 g/mol. The number of nitrogens with one attached hydrogen (secondary N) is 1. The summed E-state index contributed by atoms with van der Waals surface area (Å²) in [6.45, 7) is 1.32. The van der Waals surface area contributed by atoms with Crippen molar-refractivity contribution in [1.82, 2.24) is 5.32 Å². The normalized spacial score (nSPS) is 23.1. The lowest BCUT2D eigenvalue weighted by Crippen LogP contribution is -2.23. The Hall–Kier alpha value is -1.86. The topological polar surface area (TPSA) is 62.1 Å². The Balaban J connectivity index is 2.33. The number of rotatable bonds is 2. The van der Waals surface area contributed by atoms with E-state index in [0.717, 1.165) is 5.56 Å². The molecular weight excluding hydrogens is 216 g/mol. The number of hydrogen-bond donors (Lipinski definition) is 1. The van der Waals surface area contributed by atoms with Crippen LogP contribution in [0.3, 0.4) is 0 Å². The summed E-state index contributed by atoms with van der Waals surface area (Å²) in [7, 11) is 1.40. The van der Waals surface area contributed by atoms with Crippen molar-refractivity contribution >= 4 is 5.97 Å². The van der Waals surface area contributed by atoms with E-state index < -0.39 is 0 Å². The summed E-state index contributed by atoms with van der Waals surface area (Å²) < 4.78 is 4.80. The molecule has 0 aromatic heterocycles. The molecule has 1 heterocycles. The zero-order valence-corrected chi connectivity index (χ0v) is 9.64. The third-order valence-corrected chi connectivity index (χ3v) is 3.20. The highest BCUT2D eigenvalue weighted by Crippen LogP contribution is 2.30. The smallest absolute Gasteiger partial charge is 0.310 e. The van der Waals surface area contributed by atoms with Gasteiger partial charge >= 0.3 is 5.97 Å². The van der Waals surface area contributed by atoms with E-state index in [9.17, 15) is 4.79 Å². The zero-order chi connectivity index (χ0) is 12.3. The Kier molecular flexibility index (Phi) is 3.40. The van der Waals surface area contributed by atoms with Crippen molar-refractivity contribution in [2.75, 3.05) is 20.2 Å².